The summed E-state index contributed by atoms with van der Waals surface area (Å²) in [6, 6.07) is 3.22. The van der Waals surface area contributed by atoms with Crippen molar-refractivity contribution in [1.29, 1.82) is 10.5 Å². The lowest BCUT2D eigenvalue weighted by atomic mass is 10.2. The number of alkyl halides is 3. The summed E-state index contributed by atoms with van der Waals surface area (Å²) < 4.78 is 46.3. The molecule has 10 heteroatoms. The minimum Gasteiger partial charge on any atom is -0.378 e. The summed E-state index contributed by atoms with van der Waals surface area (Å²) in [5.41, 5.74) is -0.894. The number of Topliss-reactive ketones (excluding diaryl/α,β-unsaturated/α-hetero) is 1. The number of rotatable bonds is 3. The molecular weight excluding hydrogens is 377 g/mol. The molecule has 158 valence electrons. The van der Waals surface area contributed by atoms with E-state index in [0.29, 0.717) is 26.3 Å². The highest BCUT2D eigenvalue weighted by Crippen LogP contribution is 2.20. The molecule has 2 heterocycles. The molecule has 2 rings (SSSR count). The van der Waals surface area contributed by atoms with Gasteiger partial charge in [-0.1, -0.05) is 14.9 Å². The SMILES string of the molecule is C.C.N#C/C=C\N1CCOCC1.N#CC(=CN1CCOCC1)C(=O)C(F)(F)F. The molecular formula is C18H27F3N4O3. The summed E-state index contributed by atoms with van der Waals surface area (Å²) in [7, 11) is 0. The predicted octanol–water partition coefficient (Wildman–Crippen LogP) is 2.49. The van der Waals surface area contributed by atoms with Crippen molar-refractivity contribution in [3.8, 4) is 12.1 Å². The van der Waals surface area contributed by atoms with E-state index in [1.807, 2.05) is 12.3 Å². The Hall–Kier alpha value is -2.56. The van der Waals surface area contributed by atoms with Crippen LogP contribution in [0.25, 0.3) is 0 Å². The molecule has 0 unspecified atom stereocenters. The molecule has 2 aliphatic heterocycles. The molecule has 0 aromatic heterocycles. The first-order chi connectivity index (χ1) is 12.4. The number of hydrogen-bond donors (Lipinski definition) is 0. The summed E-state index contributed by atoms with van der Waals surface area (Å²) in [5, 5.41) is 16.7. The molecule has 2 saturated heterocycles. The highest BCUT2D eigenvalue weighted by molar-refractivity contribution is 6.02. The number of nitrogens with zero attached hydrogens (tertiary/aromatic N) is 4. The number of hydrogen-bond acceptors (Lipinski definition) is 7. The third kappa shape index (κ3) is 10.6. The Balaban J connectivity index is 0. The number of halogens is 3. The van der Waals surface area contributed by atoms with E-state index in [9.17, 15) is 18.0 Å². The van der Waals surface area contributed by atoms with E-state index >= 15 is 0 Å². The highest BCUT2D eigenvalue weighted by Gasteiger charge is 2.41. The number of nitriles is 2. The van der Waals surface area contributed by atoms with E-state index in [0.717, 1.165) is 32.5 Å². The van der Waals surface area contributed by atoms with Crippen LogP contribution in [0.1, 0.15) is 14.9 Å². The third-order valence-electron chi connectivity index (χ3n) is 3.39. The molecule has 0 radical (unpaired) electrons. The lowest BCUT2D eigenvalue weighted by molar-refractivity contribution is -0.166. The lowest BCUT2D eigenvalue weighted by Gasteiger charge is -2.25. The van der Waals surface area contributed by atoms with Gasteiger partial charge in [0.05, 0.1) is 32.5 Å². The van der Waals surface area contributed by atoms with Crippen LogP contribution >= 0.6 is 0 Å². The molecule has 0 N–H and O–H groups in total. The van der Waals surface area contributed by atoms with E-state index in [4.69, 9.17) is 20.0 Å². The third-order valence-corrected chi connectivity index (χ3v) is 3.39. The molecule has 0 bridgehead atoms. The van der Waals surface area contributed by atoms with Crippen LogP contribution in [0.15, 0.2) is 24.0 Å². The van der Waals surface area contributed by atoms with Crippen molar-refractivity contribution in [1.82, 2.24) is 9.80 Å². The fourth-order valence-corrected chi connectivity index (χ4v) is 2.05. The maximum Gasteiger partial charge on any atom is 0.455 e. The molecule has 0 aliphatic carbocycles. The molecule has 2 aliphatic rings. The molecule has 0 saturated carbocycles. The number of carbonyl (C=O) groups is 1. The quantitative estimate of drug-likeness (QED) is 0.527. The van der Waals surface area contributed by atoms with E-state index in [2.05, 4.69) is 4.90 Å². The topological polar surface area (TPSA) is 89.6 Å². The van der Waals surface area contributed by atoms with Crippen LogP contribution in [-0.2, 0) is 14.3 Å². The maximum atomic E-state index is 12.1. The second kappa shape index (κ2) is 14.5. The highest BCUT2D eigenvalue weighted by atomic mass is 19.4. The maximum absolute atomic E-state index is 12.1. The second-order valence-electron chi connectivity index (χ2n) is 5.22. The summed E-state index contributed by atoms with van der Waals surface area (Å²) in [5.74, 6) is -2.11. The van der Waals surface area contributed by atoms with Crippen molar-refractivity contribution in [2.45, 2.75) is 21.0 Å². The molecule has 0 amide bonds. The monoisotopic (exact) mass is 404 g/mol. The van der Waals surface area contributed by atoms with E-state index in [1.165, 1.54) is 17.0 Å². The Bertz CT molecular complexity index is 595. The summed E-state index contributed by atoms with van der Waals surface area (Å²) in [6.07, 6.45) is -0.764. The van der Waals surface area contributed by atoms with Crippen LogP contribution < -0.4 is 0 Å². The smallest absolute Gasteiger partial charge is 0.378 e. The van der Waals surface area contributed by atoms with Crippen LogP contribution in [-0.4, -0.2) is 74.4 Å². The van der Waals surface area contributed by atoms with Gasteiger partial charge in [0.1, 0.15) is 11.6 Å². The minimum atomic E-state index is -5.01. The van der Waals surface area contributed by atoms with Crippen molar-refractivity contribution < 1.29 is 27.4 Å². The average Bonchev–Trinajstić information content (AvgIpc) is 2.65. The van der Waals surface area contributed by atoms with Crippen molar-refractivity contribution in [2.75, 3.05) is 52.6 Å². The number of ether oxygens (including phenoxy) is 2. The zero-order valence-electron chi connectivity index (χ0n) is 14.0. The first-order valence-corrected chi connectivity index (χ1v) is 7.81. The van der Waals surface area contributed by atoms with Gasteiger partial charge in [-0.3, -0.25) is 4.79 Å². The first kappa shape index (κ1) is 27.7. The van der Waals surface area contributed by atoms with Gasteiger partial charge in [-0.25, -0.2) is 0 Å². The van der Waals surface area contributed by atoms with E-state index < -0.39 is 17.5 Å². The summed E-state index contributed by atoms with van der Waals surface area (Å²) >= 11 is 0. The second-order valence-corrected chi connectivity index (χ2v) is 5.22. The molecule has 28 heavy (non-hydrogen) atoms. The molecule has 2 fully saturated rings. The van der Waals surface area contributed by atoms with Gasteiger partial charge in [0.15, 0.2) is 0 Å². The Morgan fingerprint density at radius 2 is 1.39 bits per heavy atom. The zero-order chi connectivity index (χ0) is 19.4. The number of carbonyl (C=O) groups excluding carboxylic acids is 1. The number of ketones is 1. The van der Waals surface area contributed by atoms with Gasteiger partial charge in [-0.15, -0.1) is 0 Å². The lowest BCUT2D eigenvalue weighted by Crippen LogP contribution is -2.34. The van der Waals surface area contributed by atoms with Gasteiger partial charge in [-0.2, -0.15) is 23.7 Å². The van der Waals surface area contributed by atoms with Crippen LogP contribution in [0, 0.1) is 22.7 Å². The average molecular weight is 404 g/mol. The minimum absolute atomic E-state index is 0. The van der Waals surface area contributed by atoms with Gasteiger partial charge in [0, 0.05) is 44.7 Å². The van der Waals surface area contributed by atoms with E-state index in [1.54, 1.807) is 0 Å². The number of allylic oxidation sites excluding steroid dienone is 2. The van der Waals surface area contributed by atoms with Crippen LogP contribution in [0.4, 0.5) is 13.2 Å². The van der Waals surface area contributed by atoms with E-state index in [-0.39, 0.29) is 14.9 Å². The van der Waals surface area contributed by atoms with Crippen LogP contribution in [0.3, 0.4) is 0 Å². The van der Waals surface area contributed by atoms with Crippen LogP contribution in [0.2, 0.25) is 0 Å². The largest absolute Gasteiger partial charge is 0.455 e. The van der Waals surface area contributed by atoms with Gasteiger partial charge in [0.2, 0.25) is 0 Å². The van der Waals surface area contributed by atoms with Gasteiger partial charge in [0.25, 0.3) is 5.78 Å². The molecule has 0 aromatic rings. The van der Waals surface area contributed by atoms with Crippen molar-refractivity contribution in [3.05, 3.63) is 24.0 Å². The van der Waals surface area contributed by atoms with Gasteiger partial charge >= 0.3 is 6.18 Å². The zero-order valence-corrected chi connectivity index (χ0v) is 14.0. The predicted molar refractivity (Wildman–Crippen MR) is 97.8 cm³/mol. The van der Waals surface area contributed by atoms with Crippen molar-refractivity contribution in [2.24, 2.45) is 0 Å². The summed E-state index contributed by atoms with van der Waals surface area (Å²) in [6.45, 7) is 4.83. The Morgan fingerprint density at radius 3 is 1.79 bits per heavy atom. The Kier molecular flexibility index (Phi) is 14.3. The Morgan fingerprint density at radius 1 is 0.929 bits per heavy atom. The molecule has 0 aromatic carbocycles. The fourth-order valence-electron chi connectivity index (χ4n) is 2.05. The van der Waals surface area contributed by atoms with Gasteiger partial charge < -0.3 is 19.3 Å². The Labute approximate surface area is 164 Å². The van der Waals surface area contributed by atoms with Crippen LogP contribution in [0.5, 0.6) is 0 Å². The molecule has 7 nitrogen and oxygen atoms in total. The van der Waals surface area contributed by atoms with Gasteiger partial charge in [-0.05, 0) is 0 Å². The fraction of sp³-hybridized carbons (Fsp3) is 0.611. The first-order valence-electron chi connectivity index (χ1n) is 7.81. The summed E-state index contributed by atoms with van der Waals surface area (Å²) in [4.78, 5) is 14.3. The standard InChI is InChI=1S/C9H9F3N2O2.C7H10N2O.2CH4/c10-9(11,12)8(15)7(5-13)6-14-1-3-16-4-2-14;8-2-1-3-9-4-6-10-7-5-9;;/h6H,1-4H2;1,3H,4-7H2;2*1H4/b;3-1-;;. The van der Waals surface area contributed by atoms with Crippen molar-refractivity contribution in [3.63, 3.8) is 0 Å². The number of morpholine rings is 2. The van der Waals surface area contributed by atoms with Crippen molar-refractivity contribution >= 4 is 5.78 Å². The molecule has 0 atom stereocenters. The molecule has 0 spiro atoms. The normalized spacial score (nSPS) is 17.2.